The van der Waals surface area contributed by atoms with Gasteiger partial charge in [-0.15, -0.1) is 0 Å². The van der Waals surface area contributed by atoms with Crippen molar-refractivity contribution in [3.05, 3.63) is 41.5 Å². The molecule has 23 heavy (non-hydrogen) atoms. The van der Waals surface area contributed by atoms with Gasteiger partial charge in [-0.3, -0.25) is 10.1 Å². The molecule has 2 rings (SSSR count). The Labute approximate surface area is 134 Å². The molecule has 7 nitrogen and oxygen atoms in total. The van der Waals surface area contributed by atoms with E-state index in [0.29, 0.717) is 5.56 Å². The molecule has 2 aromatic rings. The summed E-state index contributed by atoms with van der Waals surface area (Å²) in [6.45, 7) is 8.07. The lowest BCUT2D eigenvalue weighted by atomic mass is 10.2. The lowest BCUT2D eigenvalue weighted by Gasteiger charge is -2.13. The van der Waals surface area contributed by atoms with E-state index in [1.165, 1.54) is 19.3 Å². The molecule has 0 fully saturated rings. The number of amides is 1. The Morgan fingerprint density at radius 1 is 1.30 bits per heavy atom. The Morgan fingerprint density at radius 2 is 1.96 bits per heavy atom. The molecule has 0 bridgehead atoms. The molecule has 0 aliphatic carbocycles. The van der Waals surface area contributed by atoms with Crippen molar-refractivity contribution in [2.45, 2.75) is 40.3 Å². The topological polar surface area (TPSA) is 86.1 Å². The van der Waals surface area contributed by atoms with Crippen molar-refractivity contribution in [2.75, 3.05) is 5.32 Å². The first-order valence-corrected chi connectivity index (χ1v) is 7.39. The summed E-state index contributed by atoms with van der Waals surface area (Å²) in [6, 6.07) is 3.41. The van der Waals surface area contributed by atoms with Crippen LogP contribution in [0.15, 0.2) is 24.5 Å². The predicted octanol–water partition coefficient (Wildman–Crippen LogP) is 2.10. The molecule has 0 aromatic carbocycles. The maximum absolute atomic E-state index is 12.3. The van der Waals surface area contributed by atoms with Crippen LogP contribution in [0.1, 0.15) is 35.6 Å². The zero-order valence-electron chi connectivity index (χ0n) is 13.7. The third-order valence-electron chi connectivity index (χ3n) is 3.56. The van der Waals surface area contributed by atoms with Crippen LogP contribution in [0.3, 0.4) is 0 Å². The summed E-state index contributed by atoms with van der Waals surface area (Å²) in [6.07, 6.45) is 2.08. The van der Waals surface area contributed by atoms with Crippen LogP contribution < -0.4 is 5.32 Å². The molecule has 7 heteroatoms. The summed E-state index contributed by atoms with van der Waals surface area (Å²) in [7, 11) is 0. The molecule has 0 radical (unpaired) electrons. The van der Waals surface area contributed by atoms with Gasteiger partial charge in [-0.05, 0) is 39.8 Å². The van der Waals surface area contributed by atoms with Crippen LogP contribution >= 0.6 is 0 Å². The number of anilines is 1. The number of aromatic nitrogens is 3. The summed E-state index contributed by atoms with van der Waals surface area (Å²) in [5.74, 6) is -0.826. The fraction of sp³-hybridized carbons (Fsp3) is 0.375. The SMILES string of the molecule is CCn1c(C)cc(C(=O)O[C@H](C)C(=O)Nc2ncccn2)c1C. The second kappa shape index (κ2) is 7.04. The van der Waals surface area contributed by atoms with E-state index in [4.69, 9.17) is 4.74 Å². The highest BCUT2D eigenvalue weighted by Crippen LogP contribution is 2.17. The number of carbonyl (C=O) groups excluding carboxylic acids is 2. The molecule has 0 aliphatic rings. The number of ether oxygens (including phenoxy) is 1. The van der Waals surface area contributed by atoms with Gasteiger partial charge in [0.1, 0.15) is 0 Å². The van der Waals surface area contributed by atoms with Gasteiger partial charge in [0.2, 0.25) is 5.95 Å². The first-order valence-electron chi connectivity index (χ1n) is 7.39. The molecule has 0 aliphatic heterocycles. The largest absolute Gasteiger partial charge is 0.449 e. The molecule has 1 atom stereocenters. The van der Waals surface area contributed by atoms with Crippen LogP contribution in [0.2, 0.25) is 0 Å². The van der Waals surface area contributed by atoms with E-state index in [2.05, 4.69) is 15.3 Å². The van der Waals surface area contributed by atoms with Crippen molar-refractivity contribution in [2.24, 2.45) is 0 Å². The van der Waals surface area contributed by atoms with Crippen molar-refractivity contribution >= 4 is 17.8 Å². The quantitative estimate of drug-likeness (QED) is 0.854. The maximum Gasteiger partial charge on any atom is 0.340 e. The van der Waals surface area contributed by atoms with Gasteiger partial charge >= 0.3 is 5.97 Å². The van der Waals surface area contributed by atoms with Gasteiger partial charge in [-0.2, -0.15) is 0 Å². The predicted molar refractivity (Wildman–Crippen MR) is 85.1 cm³/mol. The van der Waals surface area contributed by atoms with Crippen molar-refractivity contribution < 1.29 is 14.3 Å². The summed E-state index contributed by atoms with van der Waals surface area (Å²) < 4.78 is 7.26. The van der Waals surface area contributed by atoms with E-state index in [0.717, 1.165) is 17.9 Å². The molecular formula is C16H20N4O3. The van der Waals surface area contributed by atoms with E-state index in [-0.39, 0.29) is 5.95 Å². The Bertz CT molecular complexity index is 710. The van der Waals surface area contributed by atoms with Gasteiger partial charge in [-0.25, -0.2) is 14.8 Å². The van der Waals surface area contributed by atoms with Gasteiger partial charge in [0, 0.05) is 30.3 Å². The van der Waals surface area contributed by atoms with Crippen molar-refractivity contribution in [3.63, 3.8) is 0 Å². The molecule has 0 saturated heterocycles. The number of nitrogens with one attached hydrogen (secondary N) is 1. The van der Waals surface area contributed by atoms with E-state index in [9.17, 15) is 9.59 Å². The molecule has 0 saturated carbocycles. The third-order valence-corrected chi connectivity index (χ3v) is 3.56. The summed E-state index contributed by atoms with van der Waals surface area (Å²) in [5.41, 5.74) is 2.28. The first kappa shape index (κ1) is 16.7. The molecule has 0 spiro atoms. The summed E-state index contributed by atoms with van der Waals surface area (Å²) >= 11 is 0. The smallest absolute Gasteiger partial charge is 0.340 e. The monoisotopic (exact) mass is 316 g/mol. The Hall–Kier alpha value is -2.70. The van der Waals surface area contributed by atoms with Gasteiger partial charge < -0.3 is 9.30 Å². The molecule has 1 amide bonds. The second-order valence-electron chi connectivity index (χ2n) is 5.14. The molecule has 2 heterocycles. The van der Waals surface area contributed by atoms with Crippen LogP contribution in [0.25, 0.3) is 0 Å². The average Bonchev–Trinajstić information content (AvgIpc) is 2.82. The van der Waals surface area contributed by atoms with E-state index >= 15 is 0 Å². The highest BCUT2D eigenvalue weighted by molar-refractivity contribution is 5.97. The standard InChI is InChI=1S/C16H20N4O3/c1-5-20-10(2)9-13(11(20)3)15(22)23-12(4)14(21)19-16-17-7-6-8-18-16/h6-9,12H,5H2,1-4H3,(H,17,18,19,21)/t12-/m1/s1. The normalized spacial score (nSPS) is 11.8. The highest BCUT2D eigenvalue weighted by Gasteiger charge is 2.22. The Balaban J connectivity index is 2.03. The Morgan fingerprint density at radius 3 is 2.52 bits per heavy atom. The van der Waals surface area contributed by atoms with Crippen LogP contribution in [-0.2, 0) is 16.1 Å². The van der Waals surface area contributed by atoms with Gasteiger partial charge in [0.05, 0.1) is 5.56 Å². The summed E-state index contributed by atoms with van der Waals surface area (Å²) in [4.78, 5) is 32.1. The van der Waals surface area contributed by atoms with E-state index < -0.39 is 18.0 Å². The zero-order valence-corrected chi connectivity index (χ0v) is 13.7. The van der Waals surface area contributed by atoms with Crippen LogP contribution in [-0.4, -0.2) is 32.5 Å². The lowest BCUT2D eigenvalue weighted by molar-refractivity contribution is -0.123. The third kappa shape index (κ3) is 3.74. The number of hydrogen-bond donors (Lipinski definition) is 1. The first-order chi connectivity index (χ1) is 10.9. The van der Waals surface area contributed by atoms with Gasteiger partial charge in [-0.1, -0.05) is 0 Å². The number of carbonyl (C=O) groups is 2. The number of esters is 1. The van der Waals surface area contributed by atoms with Crippen LogP contribution in [0, 0.1) is 13.8 Å². The highest BCUT2D eigenvalue weighted by atomic mass is 16.5. The van der Waals surface area contributed by atoms with Crippen molar-refractivity contribution in [1.82, 2.24) is 14.5 Å². The Kier molecular flexibility index (Phi) is 5.10. The number of aryl methyl sites for hydroxylation is 1. The molecule has 0 unspecified atom stereocenters. The minimum Gasteiger partial charge on any atom is -0.449 e. The minimum absolute atomic E-state index is 0.171. The lowest BCUT2D eigenvalue weighted by Crippen LogP contribution is -2.30. The molecule has 2 aromatic heterocycles. The maximum atomic E-state index is 12.3. The van der Waals surface area contributed by atoms with E-state index in [1.807, 2.05) is 25.3 Å². The zero-order chi connectivity index (χ0) is 17.0. The minimum atomic E-state index is -0.948. The number of hydrogen-bond acceptors (Lipinski definition) is 5. The molecular weight excluding hydrogens is 296 g/mol. The summed E-state index contributed by atoms with van der Waals surface area (Å²) in [5, 5.41) is 2.50. The fourth-order valence-corrected chi connectivity index (χ4v) is 2.35. The van der Waals surface area contributed by atoms with Gasteiger partial charge in [0.25, 0.3) is 5.91 Å². The van der Waals surface area contributed by atoms with Gasteiger partial charge in [0.15, 0.2) is 6.10 Å². The number of nitrogens with zero attached hydrogens (tertiary/aromatic N) is 3. The fourth-order valence-electron chi connectivity index (χ4n) is 2.35. The average molecular weight is 316 g/mol. The molecule has 122 valence electrons. The van der Waals surface area contributed by atoms with E-state index in [1.54, 1.807) is 12.1 Å². The molecule has 1 N–H and O–H groups in total. The second-order valence-corrected chi connectivity index (χ2v) is 5.14. The number of rotatable bonds is 5. The van der Waals surface area contributed by atoms with Crippen molar-refractivity contribution in [3.8, 4) is 0 Å². The van der Waals surface area contributed by atoms with Crippen molar-refractivity contribution in [1.29, 1.82) is 0 Å². The van der Waals surface area contributed by atoms with Crippen LogP contribution in [0.4, 0.5) is 5.95 Å². The van der Waals surface area contributed by atoms with Crippen LogP contribution in [0.5, 0.6) is 0 Å².